The summed E-state index contributed by atoms with van der Waals surface area (Å²) in [5.41, 5.74) is 0. The predicted octanol–water partition coefficient (Wildman–Crippen LogP) is 2.55. The van der Waals surface area contributed by atoms with Crippen molar-refractivity contribution in [2.75, 3.05) is 0 Å². The maximum Gasteiger partial charge on any atom is 0.255 e. The van der Waals surface area contributed by atoms with Gasteiger partial charge in [0.2, 0.25) is 0 Å². The third-order valence-electron chi connectivity index (χ3n) is 2.02. The molecule has 2 aromatic rings. The SMILES string of the molecule is C[C@H](O)c1nc(CSc2ccc(F)cc2)no1. The van der Waals surface area contributed by atoms with E-state index in [9.17, 15) is 9.50 Å². The first-order valence-corrected chi connectivity index (χ1v) is 6.02. The summed E-state index contributed by atoms with van der Waals surface area (Å²) < 4.78 is 17.5. The molecule has 0 aliphatic carbocycles. The fourth-order valence-corrected chi connectivity index (χ4v) is 1.92. The van der Waals surface area contributed by atoms with Crippen LogP contribution in [0.25, 0.3) is 0 Å². The average molecular weight is 254 g/mol. The average Bonchev–Trinajstić information content (AvgIpc) is 2.77. The molecule has 1 aromatic carbocycles. The molecule has 0 saturated carbocycles. The molecule has 1 N–H and O–H groups in total. The number of halogens is 1. The van der Waals surface area contributed by atoms with Crippen molar-refractivity contribution in [2.24, 2.45) is 0 Å². The van der Waals surface area contributed by atoms with E-state index >= 15 is 0 Å². The van der Waals surface area contributed by atoms with Gasteiger partial charge in [0.15, 0.2) is 5.82 Å². The fourth-order valence-electron chi connectivity index (χ4n) is 1.17. The van der Waals surface area contributed by atoms with Crippen LogP contribution in [0.5, 0.6) is 0 Å². The molecular weight excluding hydrogens is 243 g/mol. The van der Waals surface area contributed by atoms with E-state index in [0.717, 1.165) is 4.90 Å². The van der Waals surface area contributed by atoms with E-state index in [1.165, 1.54) is 23.9 Å². The molecule has 0 aliphatic rings. The largest absolute Gasteiger partial charge is 0.384 e. The number of hydrogen-bond acceptors (Lipinski definition) is 5. The minimum absolute atomic E-state index is 0.208. The number of rotatable bonds is 4. The molecule has 1 aromatic heterocycles. The summed E-state index contributed by atoms with van der Waals surface area (Å²) in [6.07, 6.45) is -0.757. The van der Waals surface area contributed by atoms with Gasteiger partial charge in [0.1, 0.15) is 11.9 Å². The summed E-state index contributed by atoms with van der Waals surface area (Å²) in [5, 5.41) is 12.9. The van der Waals surface area contributed by atoms with Crippen LogP contribution in [0.3, 0.4) is 0 Å². The number of aliphatic hydroxyl groups is 1. The van der Waals surface area contributed by atoms with Gasteiger partial charge in [0.25, 0.3) is 5.89 Å². The van der Waals surface area contributed by atoms with E-state index in [1.54, 1.807) is 19.1 Å². The molecule has 6 heteroatoms. The Labute approximate surface area is 102 Å². The highest BCUT2D eigenvalue weighted by Crippen LogP contribution is 2.22. The second-order valence-corrected chi connectivity index (χ2v) is 4.52. The van der Waals surface area contributed by atoms with Gasteiger partial charge in [0, 0.05) is 4.90 Å². The Morgan fingerprint density at radius 2 is 2.12 bits per heavy atom. The van der Waals surface area contributed by atoms with Gasteiger partial charge in [-0.05, 0) is 31.2 Å². The molecule has 0 fully saturated rings. The maximum atomic E-state index is 12.7. The van der Waals surface area contributed by atoms with E-state index in [2.05, 4.69) is 10.1 Å². The molecule has 0 saturated heterocycles. The Balaban J connectivity index is 1.95. The Morgan fingerprint density at radius 3 is 2.71 bits per heavy atom. The first-order valence-electron chi connectivity index (χ1n) is 5.04. The summed E-state index contributed by atoms with van der Waals surface area (Å²) in [7, 11) is 0. The van der Waals surface area contributed by atoms with E-state index in [4.69, 9.17) is 4.52 Å². The van der Waals surface area contributed by atoms with Crippen LogP contribution in [-0.4, -0.2) is 15.2 Å². The number of aliphatic hydroxyl groups excluding tert-OH is 1. The summed E-state index contributed by atoms with van der Waals surface area (Å²) in [6, 6.07) is 6.19. The van der Waals surface area contributed by atoms with Gasteiger partial charge >= 0.3 is 0 Å². The number of thioether (sulfide) groups is 1. The molecule has 0 unspecified atom stereocenters. The molecule has 17 heavy (non-hydrogen) atoms. The summed E-state index contributed by atoms with van der Waals surface area (Å²) in [4.78, 5) is 4.95. The monoisotopic (exact) mass is 254 g/mol. The van der Waals surface area contributed by atoms with Crippen LogP contribution in [0, 0.1) is 5.82 Å². The van der Waals surface area contributed by atoms with Crippen molar-refractivity contribution in [2.45, 2.75) is 23.7 Å². The standard InChI is InChI=1S/C11H11FN2O2S/c1-7(15)11-13-10(14-16-11)6-17-9-4-2-8(12)3-5-9/h2-5,7,15H,6H2,1H3/t7-/m0/s1. The van der Waals surface area contributed by atoms with Gasteiger partial charge in [-0.15, -0.1) is 11.8 Å². The minimum Gasteiger partial charge on any atom is -0.384 e. The second-order valence-electron chi connectivity index (χ2n) is 3.47. The summed E-state index contributed by atoms with van der Waals surface area (Å²) in [5.74, 6) is 0.974. The lowest BCUT2D eigenvalue weighted by atomic mass is 10.4. The van der Waals surface area contributed by atoms with Crippen molar-refractivity contribution in [1.29, 1.82) is 0 Å². The Kier molecular flexibility index (Phi) is 3.75. The fraction of sp³-hybridized carbons (Fsp3) is 0.273. The van der Waals surface area contributed by atoms with Crippen LogP contribution in [0.2, 0.25) is 0 Å². The van der Waals surface area contributed by atoms with Crippen molar-refractivity contribution in [3.8, 4) is 0 Å². The highest BCUT2D eigenvalue weighted by Gasteiger charge is 2.11. The molecule has 2 rings (SSSR count). The molecule has 0 spiro atoms. The molecule has 0 aliphatic heterocycles. The molecule has 0 bridgehead atoms. The first-order chi connectivity index (χ1) is 8.15. The zero-order chi connectivity index (χ0) is 12.3. The summed E-state index contributed by atoms with van der Waals surface area (Å²) >= 11 is 1.47. The van der Waals surface area contributed by atoms with Crippen molar-refractivity contribution >= 4 is 11.8 Å². The first kappa shape index (κ1) is 12.1. The predicted molar refractivity (Wildman–Crippen MR) is 60.9 cm³/mol. The van der Waals surface area contributed by atoms with Gasteiger partial charge in [0.05, 0.1) is 5.75 Å². The lowest BCUT2D eigenvalue weighted by molar-refractivity contribution is 0.151. The molecule has 0 amide bonds. The highest BCUT2D eigenvalue weighted by atomic mass is 32.2. The molecular formula is C11H11FN2O2S. The van der Waals surface area contributed by atoms with Crippen molar-refractivity contribution in [3.05, 3.63) is 41.8 Å². The smallest absolute Gasteiger partial charge is 0.255 e. The van der Waals surface area contributed by atoms with Crippen LogP contribution in [0.4, 0.5) is 4.39 Å². The third kappa shape index (κ3) is 3.28. The van der Waals surface area contributed by atoms with Gasteiger partial charge in [-0.2, -0.15) is 4.98 Å². The lowest BCUT2D eigenvalue weighted by Crippen LogP contribution is -1.91. The quantitative estimate of drug-likeness (QED) is 0.850. The van der Waals surface area contributed by atoms with Gasteiger partial charge < -0.3 is 9.63 Å². The maximum absolute atomic E-state index is 12.7. The van der Waals surface area contributed by atoms with Crippen LogP contribution in [0.1, 0.15) is 24.7 Å². The molecule has 0 radical (unpaired) electrons. The van der Waals surface area contributed by atoms with Crippen LogP contribution < -0.4 is 0 Å². The van der Waals surface area contributed by atoms with Gasteiger partial charge in [-0.1, -0.05) is 5.16 Å². The molecule has 90 valence electrons. The third-order valence-corrected chi connectivity index (χ3v) is 3.03. The van der Waals surface area contributed by atoms with Crippen LogP contribution >= 0.6 is 11.8 Å². The van der Waals surface area contributed by atoms with E-state index in [1.807, 2.05) is 0 Å². The number of benzene rings is 1. The summed E-state index contributed by atoms with van der Waals surface area (Å²) in [6.45, 7) is 1.56. The second kappa shape index (κ2) is 5.29. The number of nitrogens with zero attached hydrogens (tertiary/aromatic N) is 2. The van der Waals surface area contributed by atoms with Crippen molar-refractivity contribution < 1.29 is 14.0 Å². The number of hydrogen-bond donors (Lipinski definition) is 1. The van der Waals surface area contributed by atoms with E-state index < -0.39 is 6.10 Å². The lowest BCUT2D eigenvalue weighted by Gasteiger charge is -1.97. The Bertz CT molecular complexity index is 484. The topological polar surface area (TPSA) is 59.2 Å². The van der Waals surface area contributed by atoms with Crippen LogP contribution in [-0.2, 0) is 5.75 Å². The van der Waals surface area contributed by atoms with E-state index in [0.29, 0.717) is 11.6 Å². The molecule has 1 atom stereocenters. The van der Waals surface area contributed by atoms with E-state index in [-0.39, 0.29) is 11.7 Å². The van der Waals surface area contributed by atoms with Gasteiger partial charge in [-0.3, -0.25) is 0 Å². The van der Waals surface area contributed by atoms with Crippen LogP contribution in [0.15, 0.2) is 33.7 Å². The zero-order valence-corrected chi connectivity index (χ0v) is 9.95. The zero-order valence-electron chi connectivity index (χ0n) is 9.13. The Hall–Kier alpha value is -1.40. The van der Waals surface area contributed by atoms with Crippen molar-refractivity contribution in [3.63, 3.8) is 0 Å². The normalized spacial score (nSPS) is 12.6. The number of aromatic nitrogens is 2. The van der Waals surface area contributed by atoms with Crippen molar-refractivity contribution in [1.82, 2.24) is 10.1 Å². The Morgan fingerprint density at radius 1 is 1.41 bits per heavy atom. The minimum atomic E-state index is -0.757. The molecule has 4 nitrogen and oxygen atoms in total. The highest BCUT2D eigenvalue weighted by molar-refractivity contribution is 7.98. The molecule has 1 heterocycles. The van der Waals surface area contributed by atoms with Gasteiger partial charge in [-0.25, -0.2) is 4.39 Å².